The van der Waals surface area contributed by atoms with E-state index in [2.05, 4.69) is 20.4 Å². The van der Waals surface area contributed by atoms with Crippen molar-refractivity contribution in [1.82, 2.24) is 20.0 Å². The molecule has 3 heterocycles. The fraction of sp³-hybridized carbons (Fsp3) is 0.250. The van der Waals surface area contributed by atoms with Gasteiger partial charge in [-0.2, -0.15) is 18.2 Å². The van der Waals surface area contributed by atoms with Crippen LogP contribution in [0.2, 0.25) is 0 Å². The van der Waals surface area contributed by atoms with Gasteiger partial charge < -0.3 is 20.5 Å². The monoisotopic (exact) mass is 513 g/mol. The smallest absolute Gasteiger partial charge is 0.370 e. The lowest BCUT2D eigenvalue weighted by Crippen LogP contribution is -2.41. The maximum absolute atomic E-state index is 13.0. The molecule has 1 saturated heterocycles. The zero-order valence-corrected chi connectivity index (χ0v) is 19.7. The first-order valence-electron chi connectivity index (χ1n) is 11.2. The van der Waals surface area contributed by atoms with Gasteiger partial charge in [0, 0.05) is 41.2 Å². The number of guanidine groups is 1. The summed E-state index contributed by atoms with van der Waals surface area (Å²) >= 11 is 1.30. The molecule has 12 heteroatoms. The number of nitrogens with zero attached hydrogens (tertiary/aromatic N) is 4. The molecule has 2 aromatic carbocycles. The summed E-state index contributed by atoms with van der Waals surface area (Å²) in [4.78, 5) is 10.8. The molecule has 5 rings (SSSR count). The Bertz CT molecular complexity index is 1370. The topological polar surface area (TPSA) is 117 Å². The minimum atomic E-state index is -4.40. The summed E-state index contributed by atoms with van der Waals surface area (Å²) in [6, 6.07) is 12.6. The van der Waals surface area contributed by atoms with Gasteiger partial charge in [0.1, 0.15) is 0 Å². The van der Waals surface area contributed by atoms with Crippen molar-refractivity contribution >= 4 is 28.1 Å². The van der Waals surface area contributed by atoms with Crippen LogP contribution in [-0.4, -0.2) is 38.6 Å². The molecule has 0 amide bonds. The van der Waals surface area contributed by atoms with Gasteiger partial charge in [0.05, 0.1) is 11.3 Å². The fourth-order valence-electron chi connectivity index (χ4n) is 4.17. The zero-order valence-electron chi connectivity index (χ0n) is 18.9. The highest BCUT2D eigenvalue weighted by atomic mass is 32.1. The predicted molar refractivity (Wildman–Crippen MR) is 131 cm³/mol. The number of nitrogens with one attached hydrogen (secondary N) is 2. The van der Waals surface area contributed by atoms with Gasteiger partial charge in [-0.3, -0.25) is 5.41 Å². The highest BCUT2D eigenvalue weighted by Crippen LogP contribution is 2.33. The van der Waals surface area contributed by atoms with Crippen LogP contribution < -0.4 is 11.1 Å². The van der Waals surface area contributed by atoms with E-state index in [1.54, 1.807) is 11.4 Å². The van der Waals surface area contributed by atoms with Crippen molar-refractivity contribution in [3.8, 4) is 22.6 Å². The van der Waals surface area contributed by atoms with E-state index < -0.39 is 11.7 Å². The van der Waals surface area contributed by atoms with Crippen LogP contribution in [-0.2, 0) is 12.6 Å². The number of thiazole rings is 1. The molecular weight excluding hydrogens is 491 g/mol. The molecule has 0 aliphatic carbocycles. The summed E-state index contributed by atoms with van der Waals surface area (Å²) in [5.74, 6) is 1.02. The average Bonchev–Trinajstić information content (AvgIpc) is 3.61. The Morgan fingerprint density at radius 3 is 2.72 bits per heavy atom. The van der Waals surface area contributed by atoms with Gasteiger partial charge in [-0.15, -0.1) is 11.3 Å². The molecule has 1 aliphatic heterocycles. The molecule has 1 atom stereocenters. The van der Waals surface area contributed by atoms with Gasteiger partial charge in [0.15, 0.2) is 11.1 Å². The minimum Gasteiger partial charge on any atom is -0.370 e. The second kappa shape index (κ2) is 9.61. The number of hydrogen-bond donors (Lipinski definition) is 3. The SMILES string of the molecule is N=C(N)N1CCC[C@H]1Cc1nc(-c2ccc(Nc3nc(-c4cccc(C(F)(F)F)c4)cs3)cc2)no1. The zero-order chi connectivity index (χ0) is 25.3. The molecular formula is C24H22F3N7OS. The van der Waals surface area contributed by atoms with Gasteiger partial charge in [-0.25, -0.2) is 4.98 Å². The summed E-state index contributed by atoms with van der Waals surface area (Å²) in [7, 11) is 0. The van der Waals surface area contributed by atoms with Gasteiger partial charge in [0.25, 0.3) is 0 Å². The number of benzene rings is 2. The standard InChI is InChI=1S/C24H22F3N7OS/c25-24(26,27)16-4-1-3-15(11-16)19-13-36-23(31-19)30-17-8-6-14(7-9-17)21-32-20(35-33-21)12-18-5-2-10-34(18)22(28)29/h1,3-4,6-9,11,13,18H,2,5,10,12H2,(H3,28,29)(H,30,31)/t18-/m0/s1. The van der Waals surface area contributed by atoms with Crippen LogP contribution in [0, 0.1) is 5.41 Å². The molecule has 0 unspecified atom stereocenters. The van der Waals surface area contributed by atoms with E-state index in [-0.39, 0.29) is 12.0 Å². The molecule has 4 aromatic rings. The van der Waals surface area contributed by atoms with Crippen LogP contribution in [0.15, 0.2) is 58.4 Å². The van der Waals surface area contributed by atoms with E-state index in [1.807, 2.05) is 29.2 Å². The maximum Gasteiger partial charge on any atom is 0.416 e. The first-order valence-corrected chi connectivity index (χ1v) is 12.1. The number of alkyl halides is 3. The Morgan fingerprint density at radius 2 is 1.97 bits per heavy atom. The number of rotatable bonds is 6. The highest BCUT2D eigenvalue weighted by molar-refractivity contribution is 7.14. The summed E-state index contributed by atoms with van der Waals surface area (Å²) < 4.78 is 44.4. The summed E-state index contributed by atoms with van der Waals surface area (Å²) in [5.41, 5.74) is 7.35. The van der Waals surface area contributed by atoms with Gasteiger partial charge in [-0.1, -0.05) is 17.3 Å². The lowest BCUT2D eigenvalue weighted by Gasteiger charge is -2.23. The van der Waals surface area contributed by atoms with E-state index in [4.69, 9.17) is 15.7 Å². The molecule has 0 saturated carbocycles. The molecule has 0 spiro atoms. The van der Waals surface area contributed by atoms with Crippen molar-refractivity contribution in [3.05, 3.63) is 65.4 Å². The first-order chi connectivity index (χ1) is 17.3. The Labute approximate surface area is 208 Å². The molecule has 2 aromatic heterocycles. The molecule has 0 radical (unpaired) electrons. The lowest BCUT2D eigenvalue weighted by atomic mass is 10.1. The number of halogens is 3. The van der Waals surface area contributed by atoms with Crippen LogP contribution in [0.1, 0.15) is 24.3 Å². The number of aromatic nitrogens is 3. The van der Waals surface area contributed by atoms with E-state index in [9.17, 15) is 13.2 Å². The molecule has 186 valence electrons. The third kappa shape index (κ3) is 5.18. The fourth-order valence-corrected chi connectivity index (χ4v) is 4.91. The Kier molecular flexibility index (Phi) is 6.35. The predicted octanol–water partition coefficient (Wildman–Crippen LogP) is 5.52. The third-order valence-electron chi connectivity index (χ3n) is 5.95. The van der Waals surface area contributed by atoms with Crippen molar-refractivity contribution in [2.45, 2.75) is 31.5 Å². The molecule has 4 N–H and O–H groups in total. The largest absolute Gasteiger partial charge is 0.416 e. The quantitative estimate of drug-likeness (QED) is 0.229. The molecule has 0 bridgehead atoms. The summed E-state index contributed by atoms with van der Waals surface area (Å²) in [6.45, 7) is 0.760. The summed E-state index contributed by atoms with van der Waals surface area (Å²) in [5, 5.41) is 17.2. The molecule has 36 heavy (non-hydrogen) atoms. The van der Waals surface area contributed by atoms with Crippen molar-refractivity contribution in [2.75, 3.05) is 11.9 Å². The van der Waals surface area contributed by atoms with Crippen LogP contribution in [0.5, 0.6) is 0 Å². The second-order valence-electron chi connectivity index (χ2n) is 8.41. The van der Waals surface area contributed by atoms with Crippen molar-refractivity contribution in [3.63, 3.8) is 0 Å². The van der Waals surface area contributed by atoms with E-state index in [1.165, 1.54) is 17.4 Å². The van der Waals surface area contributed by atoms with E-state index in [0.29, 0.717) is 34.5 Å². The van der Waals surface area contributed by atoms with Crippen LogP contribution in [0.4, 0.5) is 24.0 Å². The number of likely N-dealkylation sites (tertiary alicyclic amines) is 1. The number of anilines is 2. The Balaban J connectivity index is 1.24. The highest BCUT2D eigenvalue weighted by Gasteiger charge is 2.30. The van der Waals surface area contributed by atoms with Crippen LogP contribution in [0.25, 0.3) is 22.6 Å². The van der Waals surface area contributed by atoms with E-state index in [0.717, 1.165) is 42.8 Å². The third-order valence-corrected chi connectivity index (χ3v) is 6.71. The Hall–Kier alpha value is -3.93. The maximum atomic E-state index is 13.0. The lowest BCUT2D eigenvalue weighted by molar-refractivity contribution is -0.137. The van der Waals surface area contributed by atoms with Gasteiger partial charge in [0.2, 0.25) is 11.7 Å². The normalized spacial score (nSPS) is 15.9. The van der Waals surface area contributed by atoms with Gasteiger partial charge in [-0.05, 0) is 49.2 Å². The van der Waals surface area contributed by atoms with Gasteiger partial charge >= 0.3 is 6.18 Å². The Morgan fingerprint density at radius 1 is 1.17 bits per heavy atom. The first kappa shape index (κ1) is 23.8. The van der Waals surface area contributed by atoms with Crippen LogP contribution >= 0.6 is 11.3 Å². The van der Waals surface area contributed by atoms with Crippen molar-refractivity contribution in [1.29, 1.82) is 5.41 Å². The van der Waals surface area contributed by atoms with Crippen molar-refractivity contribution < 1.29 is 17.7 Å². The minimum absolute atomic E-state index is 0.0579. The molecule has 8 nitrogen and oxygen atoms in total. The number of nitrogens with two attached hydrogens (primary N) is 1. The molecule has 1 fully saturated rings. The van der Waals surface area contributed by atoms with E-state index >= 15 is 0 Å². The molecule has 1 aliphatic rings. The average molecular weight is 514 g/mol. The summed E-state index contributed by atoms with van der Waals surface area (Å²) in [6.07, 6.45) is -1.98. The number of hydrogen-bond acceptors (Lipinski definition) is 7. The van der Waals surface area contributed by atoms with Crippen molar-refractivity contribution in [2.24, 2.45) is 5.73 Å². The second-order valence-corrected chi connectivity index (χ2v) is 9.27. The van der Waals surface area contributed by atoms with Crippen LogP contribution in [0.3, 0.4) is 0 Å².